The van der Waals surface area contributed by atoms with Crippen molar-refractivity contribution >= 4 is 23.9 Å². The second kappa shape index (κ2) is 15.5. The molecule has 2 aromatic carbocycles. The summed E-state index contributed by atoms with van der Waals surface area (Å²) in [6.07, 6.45) is 1.94. The van der Waals surface area contributed by atoms with Crippen molar-refractivity contribution in [2.75, 3.05) is 0 Å². The summed E-state index contributed by atoms with van der Waals surface area (Å²) in [5.41, 5.74) is -0.381. The summed E-state index contributed by atoms with van der Waals surface area (Å²) < 4.78 is 11.2. The van der Waals surface area contributed by atoms with Gasteiger partial charge in [0.05, 0.1) is 0 Å². The lowest BCUT2D eigenvalue weighted by Gasteiger charge is -2.44. The van der Waals surface area contributed by atoms with Crippen LogP contribution in [-0.4, -0.2) is 63.2 Å². The standard InChI is InChI=1S/C36H51N3O7/c1-23(2)20-28(38-34(44)46-36(6,7)8)32(42)39(26-17-13-18-26)30(25-16-12-19-27(40)22-25)31(41)37-29(33(43)45-35(3,4)5)21-24-14-10-9-11-15-24/h9-12,14-16,19,22-23,26,28-30,40H,13,17-18,20-21H2,1-8H3,(H,37,41)(H,38,44). The monoisotopic (exact) mass is 637 g/mol. The van der Waals surface area contributed by atoms with E-state index in [0.717, 1.165) is 12.0 Å². The third-order valence-corrected chi connectivity index (χ3v) is 7.42. The number of amides is 3. The van der Waals surface area contributed by atoms with Crippen molar-refractivity contribution in [3.8, 4) is 5.75 Å². The van der Waals surface area contributed by atoms with E-state index in [0.29, 0.717) is 24.8 Å². The van der Waals surface area contributed by atoms with Crippen LogP contribution in [0.2, 0.25) is 0 Å². The number of carbonyl (C=O) groups excluding carboxylic acids is 4. The molecule has 252 valence electrons. The molecule has 3 amide bonds. The van der Waals surface area contributed by atoms with Crippen LogP contribution in [0.25, 0.3) is 0 Å². The smallest absolute Gasteiger partial charge is 0.408 e. The summed E-state index contributed by atoms with van der Waals surface area (Å²) in [7, 11) is 0. The lowest BCUT2D eigenvalue weighted by Crippen LogP contribution is -2.59. The van der Waals surface area contributed by atoms with Gasteiger partial charge in [-0.3, -0.25) is 9.59 Å². The van der Waals surface area contributed by atoms with E-state index in [2.05, 4.69) is 10.6 Å². The normalized spacial score (nSPS) is 15.6. The number of aromatic hydroxyl groups is 1. The largest absolute Gasteiger partial charge is 0.508 e. The Morgan fingerprint density at radius 2 is 1.50 bits per heavy atom. The number of phenols is 1. The van der Waals surface area contributed by atoms with Crippen LogP contribution in [0, 0.1) is 5.92 Å². The van der Waals surface area contributed by atoms with Gasteiger partial charge in [-0.05, 0) is 96.4 Å². The third-order valence-electron chi connectivity index (χ3n) is 7.42. The Labute approximate surface area is 273 Å². The highest BCUT2D eigenvalue weighted by Crippen LogP contribution is 2.35. The molecule has 1 aliphatic rings. The van der Waals surface area contributed by atoms with Crippen LogP contribution in [0.15, 0.2) is 54.6 Å². The molecule has 2 aromatic rings. The van der Waals surface area contributed by atoms with Crippen molar-refractivity contribution in [1.29, 1.82) is 0 Å². The maximum absolute atomic E-state index is 14.5. The number of nitrogens with one attached hydrogen (secondary N) is 2. The molecule has 0 aromatic heterocycles. The first-order chi connectivity index (χ1) is 21.4. The molecule has 3 N–H and O–H groups in total. The van der Waals surface area contributed by atoms with Crippen LogP contribution in [0.3, 0.4) is 0 Å². The Balaban J connectivity index is 2.06. The van der Waals surface area contributed by atoms with Gasteiger partial charge in [-0.2, -0.15) is 0 Å². The lowest BCUT2D eigenvalue weighted by atomic mass is 9.87. The van der Waals surface area contributed by atoms with Gasteiger partial charge in [0, 0.05) is 12.5 Å². The fourth-order valence-corrected chi connectivity index (χ4v) is 5.31. The summed E-state index contributed by atoms with van der Waals surface area (Å²) in [5.74, 6) is -1.69. The van der Waals surface area contributed by atoms with E-state index in [4.69, 9.17) is 9.47 Å². The van der Waals surface area contributed by atoms with Crippen molar-refractivity contribution in [3.63, 3.8) is 0 Å². The maximum atomic E-state index is 14.5. The summed E-state index contributed by atoms with van der Waals surface area (Å²) in [6.45, 7) is 14.4. The van der Waals surface area contributed by atoms with E-state index >= 15 is 0 Å². The van der Waals surface area contributed by atoms with Gasteiger partial charge < -0.3 is 30.1 Å². The molecule has 10 nitrogen and oxygen atoms in total. The highest BCUT2D eigenvalue weighted by molar-refractivity contribution is 5.94. The minimum absolute atomic E-state index is 0.0302. The topological polar surface area (TPSA) is 134 Å². The molecular weight excluding hydrogens is 586 g/mol. The zero-order valence-corrected chi connectivity index (χ0v) is 28.5. The van der Waals surface area contributed by atoms with Crippen molar-refractivity contribution in [1.82, 2.24) is 15.5 Å². The first-order valence-electron chi connectivity index (χ1n) is 16.1. The van der Waals surface area contributed by atoms with Gasteiger partial charge in [-0.25, -0.2) is 9.59 Å². The van der Waals surface area contributed by atoms with Gasteiger partial charge >= 0.3 is 12.1 Å². The quantitative estimate of drug-likeness (QED) is 0.250. The van der Waals surface area contributed by atoms with Gasteiger partial charge in [-0.1, -0.05) is 56.3 Å². The summed E-state index contributed by atoms with van der Waals surface area (Å²) >= 11 is 0. The molecule has 1 saturated carbocycles. The summed E-state index contributed by atoms with van der Waals surface area (Å²) in [4.78, 5) is 56.9. The van der Waals surface area contributed by atoms with E-state index in [9.17, 15) is 24.3 Å². The zero-order valence-electron chi connectivity index (χ0n) is 28.5. The van der Waals surface area contributed by atoms with Crippen LogP contribution in [0.4, 0.5) is 4.79 Å². The number of alkyl carbamates (subject to hydrolysis) is 1. The van der Waals surface area contributed by atoms with Crippen LogP contribution in [-0.2, 0) is 30.3 Å². The fourth-order valence-electron chi connectivity index (χ4n) is 5.31. The van der Waals surface area contributed by atoms with E-state index in [1.54, 1.807) is 53.7 Å². The first-order valence-corrected chi connectivity index (χ1v) is 16.1. The third kappa shape index (κ3) is 11.1. The molecule has 0 spiro atoms. The Hall–Kier alpha value is -4.08. The molecule has 0 radical (unpaired) electrons. The number of hydrogen-bond donors (Lipinski definition) is 3. The number of benzene rings is 2. The van der Waals surface area contributed by atoms with Crippen molar-refractivity contribution in [2.24, 2.45) is 5.92 Å². The molecule has 46 heavy (non-hydrogen) atoms. The molecule has 10 heteroatoms. The van der Waals surface area contributed by atoms with Gasteiger partial charge in [0.2, 0.25) is 11.8 Å². The SMILES string of the molecule is CC(C)CC(NC(=O)OC(C)(C)C)C(=O)N(C1CCC1)C(C(=O)NC(Cc1ccccc1)C(=O)OC(C)(C)C)c1cccc(O)c1. The predicted octanol–water partition coefficient (Wildman–Crippen LogP) is 5.82. The zero-order chi connectivity index (χ0) is 34.2. The van der Waals surface area contributed by atoms with Crippen LogP contribution in [0.1, 0.15) is 98.2 Å². The maximum Gasteiger partial charge on any atom is 0.408 e. The van der Waals surface area contributed by atoms with E-state index in [-0.39, 0.29) is 24.1 Å². The molecule has 0 heterocycles. The number of carbonyl (C=O) groups is 4. The Kier molecular flexibility index (Phi) is 12.2. The van der Waals surface area contributed by atoms with E-state index < -0.39 is 53.2 Å². The van der Waals surface area contributed by atoms with Gasteiger partial charge in [0.1, 0.15) is 35.1 Å². The van der Waals surface area contributed by atoms with Crippen LogP contribution in [0.5, 0.6) is 5.75 Å². The van der Waals surface area contributed by atoms with Crippen molar-refractivity contribution < 1.29 is 33.8 Å². The van der Waals surface area contributed by atoms with E-state index in [1.165, 1.54) is 17.0 Å². The van der Waals surface area contributed by atoms with Gasteiger partial charge in [0.15, 0.2) is 0 Å². The Morgan fingerprint density at radius 3 is 2.02 bits per heavy atom. The Morgan fingerprint density at radius 1 is 0.870 bits per heavy atom. The number of hydrogen-bond acceptors (Lipinski definition) is 7. The molecule has 0 bridgehead atoms. The Bertz CT molecular complexity index is 1340. The van der Waals surface area contributed by atoms with Gasteiger partial charge in [-0.15, -0.1) is 0 Å². The second-order valence-corrected chi connectivity index (χ2v) is 14.4. The number of phenolic OH excluding ortho intramolecular Hbond substituents is 1. The van der Waals surface area contributed by atoms with Crippen LogP contribution >= 0.6 is 0 Å². The molecule has 0 aliphatic heterocycles. The molecule has 0 saturated heterocycles. The number of ether oxygens (including phenoxy) is 2. The molecule has 1 fully saturated rings. The predicted molar refractivity (Wildman–Crippen MR) is 176 cm³/mol. The minimum Gasteiger partial charge on any atom is -0.508 e. The highest BCUT2D eigenvalue weighted by Gasteiger charge is 2.43. The molecule has 1 aliphatic carbocycles. The molecule has 3 unspecified atom stereocenters. The highest BCUT2D eigenvalue weighted by atomic mass is 16.6. The second-order valence-electron chi connectivity index (χ2n) is 14.4. The molecular formula is C36H51N3O7. The van der Waals surface area contributed by atoms with Crippen molar-refractivity contribution in [2.45, 2.75) is 123 Å². The minimum atomic E-state index is -1.21. The summed E-state index contributed by atoms with van der Waals surface area (Å²) in [6, 6.07) is 11.9. The van der Waals surface area contributed by atoms with E-state index in [1.807, 2.05) is 44.2 Å². The average Bonchev–Trinajstić information content (AvgIpc) is 2.89. The number of rotatable bonds is 12. The number of nitrogens with zero attached hydrogens (tertiary/aromatic N) is 1. The van der Waals surface area contributed by atoms with Gasteiger partial charge in [0.25, 0.3) is 0 Å². The van der Waals surface area contributed by atoms with Crippen molar-refractivity contribution in [3.05, 3.63) is 65.7 Å². The molecule has 3 rings (SSSR count). The fraction of sp³-hybridized carbons (Fsp3) is 0.556. The lowest BCUT2D eigenvalue weighted by molar-refractivity contribution is -0.159. The number of esters is 1. The summed E-state index contributed by atoms with van der Waals surface area (Å²) in [5, 5.41) is 16.1. The van der Waals surface area contributed by atoms with Crippen LogP contribution < -0.4 is 10.6 Å². The average molecular weight is 638 g/mol. The first kappa shape index (κ1) is 36.4. The molecule has 3 atom stereocenters.